The lowest BCUT2D eigenvalue weighted by atomic mass is 10.1. The maximum atomic E-state index is 12.8. The number of nitrogen functional groups attached to an aromatic ring is 1. The molecule has 1 aromatic heterocycles. The summed E-state index contributed by atoms with van der Waals surface area (Å²) in [6.45, 7) is 2.33. The van der Waals surface area contributed by atoms with Crippen LogP contribution in [0.3, 0.4) is 0 Å². The van der Waals surface area contributed by atoms with Crippen LogP contribution in [-0.2, 0) is 16.4 Å². The molecule has 1 aliphatic heterocycles. The third-order valence-corrected chi connectivity index (χ3v) is 7.75. The molecular formula is C13H13BrN2O2S2. The van der Waals surface area contributed by atoms with Gasteiger partial charge in [0.15, 0.2) is 0 Å². The van der Waals surface area contributed by atoms with Gasteiger partial charge in [-0.25, -0.2) is 8.42 Å². The molecule has 2 aromatic rings. The van der Waals surface area contributed by atoms with E-state index < -0.39 is 10.0 Å². The highest BCUT2D eigenvalue weighted by atomic mass is 79.9. The van der Waals surface area contributed by atoms with Crippen molar-refractivity contribution in [1.29, 1.82) is 0 Å². The Kier molecular flexibility index (Phi) is 3.30. The zero-order valence-corrected chi connectivity index (χ0v) is 14.0. The number of hydrogen-bond acceptors (Lipinski definition) is 4. The Hall–Kier alpha value is -1.05. The Balaban J connectivity index is 2.12. The molecule has 0 radical (unpaired) electrons. The molecule has 2 heterocycles. The molecule has 0 fully saturated rings. The lowest BCUT2D eigenvalue weighted by Gasteiger charge is -2.19. The molecule has 0 bridgehead atoms. The van der Waals surface area contributed by atoms with Crippen molar-refractivity contribution < 1.29 is 8.42 Å². The number of rotatable bonds is 2. The van der Waals surface area contributed by atoms with Gasteiger partial charge < -0.3 is 5.73 Å². The summed E-state index contributed by atoms with van der Waals surface area (Å²) in [6.07, 6.45) is 0.700. The number of aryl methyl sites for hydroxylation is 1. The van der Waals surface area contributed by atoms with Crippen molar-refractivity contribution in [3.8, 4) is 0 Å². The molecule has 1 aromatic carbocycles. The van der Waals surface area contributed by atoms with E-state index >= 15 is 0 Å². The molecule has 1 aliphatic rings. The molecule has 0 atom stereocenters. The van der Waals surface area contributed by atoms with Gasteiger partial charge >= 0.3 is 0 Å². The van der Waals surface area contributed by atoms with Crippen molar-refractivity contribution in [2.24, 2.45) is 0 Å². The summed E-state index contributed by atoms with van der Waals surface area (Å²) >= 11 is 4.61. The molecule has 2 N–H and O–H groups in total. The van der Waals surface area contributed by atoms with Crippen molar-refractivity contribution >= 4 is 48.7 Å². The molecule has 0 amide bonds. The Morgan fingerprint density at radius 3 is 2.80 bits per heavy atom. The first kappa shape index (κ1) is 13.9. The molecule has 4 nitrogen and oxygen atoms in total. The predicted octanol–water partition coefficient (Wildman–Crippen LogP) is 3.15. The summed E-state index contributed by atoms with van der Waals surface area (Å²) in [5.74, 6) is 0. The van der Waals surface area contributed by atoms with E-state index in [0.717, 1.165) is 14.9 Å². The van der Waals surface area contributed by atoms with Crippen molar-refractivity contribution in [2.45, 2.75) is 17.6 Å². The zero-order chi connectivity index (χ0) is 14.5. The van der Waals surface area contributed by atoms with Crippen molar-refractivity contribution in [2.75, 3.05) is 16.6 Å². The van der Waals surface area contributed by atoms with Crippen LogP contribution in [0.2, 0.25) is 0 Å². The van der Waals surface area contributed by atoms with E-state index in [1.54, 1.807) is 12.1 Å². The third-order valence-electron chi connectivity index (χ3n) is 3.36. The van der Waals surface area contributed by atoms with E-state index in [1.165, 1.54) is 15.6 Å². The number of thiophene rings is 1. The molecular weight excluding hydrogens is 360 g/mol. The van der Waals surface area contributed by atoms with Gasteiger partial charge in [-0.05, 0) is 52.5 Å². The molecule has 0 saturated heterocycles. The Morgan fingerprint density at radius 2 is 2.15 bits per heavy atom. The van der Waals surface area contributed by atoms with Gasteiger partial charge in [0.25, 0.3) is 10.0 Å². The fraction of sp³-hybridized carbons (Fsp3) is 0.231. The van der Waals surface area contributed by atoms with E-state index in [2.05, 4.69) is 15.9 Å². The maximum absolute atomic E-state index is 12.8. The fourth-order valence-electron chi connectivity index (χ4n) is 2.36. The Morgan fingerprint density at radius 1 is 1.40 bits per heavy atom. The van der Waals surface area contributed by atoms with Gasteiger partial charge in [-0.3, -0.25) is 4.31 Å². The Labute approximate surface area is 130 Å². The molecule has 0 aliphatic carbocycles. The molecule has 106 valence electrons. The van der Waals surface area contributed by atoms with Crippen LogP contribution in [0, 0.1) is 6.92 Å². The van der Waals surface area contributed by atoms with Crippen LogP contribution in [0.4, 0.5) is 11.4 Å². The number of benzene rings is 1. The minimum absolute atomic E-state index is 0.345. The summed E-state index contributed by atoms with van der Waals surface area (Å²) < 4.78 is 28.2. The van der Waals surface area contributed by atoms with Gasteiger partial charge in [-0.15, -0.1) is 11.3 Å². The van der Waals surface area contributed by atoms with E-state index in [9.17, 15) is 8.42 Å². The van der Waals surface area contributed by atoms with Crippen LogP contribution in [0.5, 0.6) is 0 Å². The second kappa shape index (κ2) is 4.75. The summed E-state index contributed by atoms with van der Waals surface area (Å²) in [4.78, 5) is 0. The standard InChI is InChI=1S/C13H13BrN2O2S2/c1-8-7-11(19-13(8)14)20(17,18)16-6-5-9-3-2-4-10(15)12(9)16/h2-4,7H,5-6,15H2,1H3. The number of sulfonamides is 1. The summed E-state index contributed by atoms with van der Waals surface area (Å²) in [7, 11) is -3.53. The van der Waals surface area contributed by atoms with Crippen LogP contribution in [-0.4, -0.2) is 15.0 Å². The quantitative estimate of drug-likeness (QED) is 0.823. The van der Waals surface area contributed by atoms with Gasteiger partial charge in [0.1, 0.15) is 4.21 Å². The van der Waals surface area contributed by atoms with Crippen molar-refractivity contribution in [3.63, 3.8) is 0 Å². The van der Waals surface area contributed by atoms with Crippen LogP contribution in [0.1, 0.15) is 11.1 Å². The van der Waals surface area contributed by atoms with E-state index in [0.29, 0.717) is 28.5 Å². The number of nitrogens with two attached hydrogens (primary N) is 1. The first-order valence-corrected chi connectivity index (χ1v) is 9.12. The van der Waals surface area contributed by atoms with Crippen molar-refractivity contribution in [1.82, 2.24) is 0 Å². The largest absolute Gasteiger partial charge is 0.397 e. The molecule has 7 heteroatoms. The lowest BCUT2D eigenvalue weighted by Crippen LogP contribution is -2.29. The molecule has 0 spiro atoms. The second-order valence-corrected chi connectivity index (χ2v) is 9.16. The fourth-order valence-corrected chi connectivity index (χ4v) is 6.23. The Bertz CT molecular complexity index is 764. The topological polar surface area (TPSA) is 63.4 Å². The number of anilines is 2. The highest BCUT2D eigenvalue weighted by molar-refractivity contribution is 9.11. The van der Waals surface area contributed by atoms with Gasteiger partial charge in [0, 0.05) is 6.54 Å². The number of hydrogen-bond donors (Lipinski definition) is 1. The minimum atomic E-state index is -3.53. The monoisotopic (exact) mass is 372 g/mol. The number of fused-ring (bicyclic) bond motifs is 1. The first-order valence-electron chi connectivity index (χ1n) is 6.07. The number of nitrogens with zero attached hydrogens (tertiary/aromatic N) is 1. The average Bonchev–Trinajstić information content (AvgIpc) is 2.96. The summed E-state index contributed by atoms with van der Waals surface area (Å²) in [5.41, 5.74) is 9.02. The number of para-hydroxylation sites is 1. The van der Waals surface area contributed by atoms with Gasteiger partial charge in [-0.2, -0.15) is 0 Å². The lowest BCUT2D eigenvalue weighted by molar-refractivity contribution is 0.594. The predicted molar refractivity (Wildman–Crippen MR) is 85.8 cm³/mol. The first-order chi connectivity index (χ1) is 9.41. The molecule has 0 unspecified atom stereocenters. The van der Waals surface area contributed by atoms with Gasteiger partial charge in [-0.1, -0.05) is 12.1 Å². The second-order valence-electron chi connectivity index (χ2n) is 4.70. The van der Waals surface area contributed by atoms with Gasteiger partial charge in [0.2, 0.25) is 0 Å². The average molecular weight is 373 g/mol. The summed E-state index contributed by atoms with van der Waals surface area (Å²) in [6, 6.07) is 7.22. The molecule has 3 rings (SSSR count). The number of halogens is 1. The van der Waals surface area contributed by atoms with Crippen LogP contribution in [0.15, 0.2) is 32.3 Å². The van der Waals surface area contributed by atoms with E-state index in [1.807, 2.05) is 19.1 Å². The maximum Gasteiger partial charge on any atom is 0.273 e. The smallest absolute Gasteiger partial charge is 0.273 e. The van der Waals surface area contributed by atoms with E-state index in [-0.39, 0.29) is 0 Å². The summed E-state index contributed by atoms with van der Waals surface area (Å²) in [5, 5.41) is 0. The van der Waals surface area contributed by atoms with Crippen LogP contribution < -0.4 is 10.0 Å². The molecule has 0 saturated carbocycles. The normalized spacial score (nSPS) is 14.6. The highest BCUT2D eigenvalue weighted by Crippen LogP contribution is 2.40. The van der Waals surface area contributed by atoms with Crippen LogP contribution >= 0.6 is 27.3 Å². The van der Waals surface area contributed by atoms with Crippen LogP contribution in [0.25, 0.3) is 0 Å². The van der Waals surface area contributed by atoms with E-state index in [4.69, 9.17) is 5.73 Å². The van der Waals surface area contributed by atoms with Gasteiger partial charge in [0.05, 0.1) is 15.2 Å². The molecule has 20 heavy (non-hydrogen) atoms. The zero-order valence-electron chi connectivity index (χ0n) is 10.8. The third kappa shape index (κ3) is 2.04. The van der Waals surface area contributed by atoms with Crippen molar-refractivity contribution in [3.05, 3.63) is 39.2 Å². The highest BCUT2D eigenvalue weighted by Gasteiger charge is 2.33. The minimum Gasteiger partial charge on any atom is -0.397 e. The SMILES string of the molecule is Cc1cc(S(=O)(=O)N2CCc3cccc(N)c32)sc1Br.